The third-order valence-corrected chi connectivity index (χ3v) is 3.37. The summed E-state index contributed by atoms with van der Waals surface area (Å²) in [6.07, 6.45) is 9.54. The summed E-state index contributed by atoms with van der Waals surface area (Å²) in [5.41, 5.74) is 0. The molecule has 0 amide bonds. The van der Waals surface area contributed by atoms with Crippen molar-refractivity contribution >= 4 is 0 Å². The molecule has 91 valence electrons. The van der Waals surface area contributed by atoms with Crippen LogP contribution in [0.1, 0.15) is 72.6 Å². The van der Waals surface area contributed by atoms with Gasteiger partial charge in [0.2, 0.25) is 0 Å². The first-order chi connectivity index (χ1) is 7.06. The maximum atomic E-state index is 3.95. The monoisotopic (exact) mass is 211 g/mol. The fraction of sp³-hybridized carbons (Fsp3) is 0.933. The fourth-order valence-corrected chi connectivity index (χ4v) is 1.98. The molecule has 2 unspecified atom stereocenters. The Bertz CT molecular complexity index is 126. The zero-order chi connectivity index (χ0) is 11.7. The second-order valence-electron chi connectivity index (χ2n) is 5.75. The smallest absolute Gasteiger partial charge is 0.0443 e. The predicted molar refractivity (Wildman–Crippen MR) is 70.8 cm³/mol. The molecule has 0 aromatic carbocycles. The van der Waals surface area contributed by atoms with Crippen molar-refractivity contribution in [2.45, 2.75) is 72.6 Å². The highest BCUT2D eigenvalue weighted by molar-refractivity contribution is 4.59. The van der Waals surface area contributed by atoms with E-state index in [0.717, 1.165) is 24.2 Å². The van der Waals surface area contributed by atoms with Crippen LogP contribution >= 0.6 is 0 Å². The highest BCUT2D eigenvalue weighted by Crippen LogP contribution is 2.19. The van der Waals surface area contributed by atoms with Gasteiger partial charge in [0.1, 0.15) is 0 Å². The van der Waals surface area contributed by atoms with E-state index in [1.807, 2.05) is 0 Å². The van der Waals surface area contributed by atoms with Gasteiger partial charge >= 0.3 is 0 Å². The molecule has 0 spiro atoms. The van der Waals surface area contributed by atoms with Gasteiger partial charge in [0.25, 0.3) is 0 Å². The summed E-state index contributed by atoms with van der Waals surface area (Å²) in [4.78, 5) is 0. The Hall–Kier alpha value is 0. The van der Waals surface area contributed by atoms with Crippen LogP contribution in [0.25, 0.3) is 0 Å². The first-order valence-corrected chi connectivity index (χ1v) is 6.85. The van der Waals surface area contributed by atoms with Crippen LogP contribution in [-0.4, -0.2) is 0 Å². The first kappa shape index (κ1) is 15.0. The van der Waals surface area contributed by atoms with Crippen molar-refractivity contribution in [1.29, 1.82) is 0 Å². The molecule has 0 bridgehead atoms. The van der Waals surface area contributed by atoms with E-state index in [1.165, 1.54) is 38.5 Å². The minimum atomic E-state index is 0.827. The molecule has 0 saturated heterocycles. The summed E-state index contributed by atoms with van der Waals surface area (Å²) in [5, 5.41) is 0. The van der Waals surface area contributed by atoms with Crippen molar-refractivity contribution in [3.8, 4) is 0 Å². The van der Waals surface area contributed by atoms with Crippen LogP contribution in [0, 0.1) is 24.7 Å². The number of hydrogen-bond acceptors (Lipinski definition) is 0. The first-order valence-electron chi connectivity index (χ1n) is 6.85. The van der Waals surface area contributed by atoms with Crippen LogP contribution in [0.15, 0.2) is 0 Å². The van der Waals surface area contributed by atoms with Crippen LogP contribution in [0.5, 0.6) is 0 Å². The van der Waals surface area contributed by atoms with Crippen molar-refractivity contribution in [2.75, 3.05) is 0 Å². The van der Waals surface area contributed by atoms with Crippen LogP contribution in [0.4, 0.5) is 0 Å². The second-order valence-corrected chi connectivity index (χ2v) is 5.75. The molecule has 0 heteroatoms. The van der Waals surface area contributed by atoms with E-state index in [9.17, 15) is 0 Å². The lowest BCUT2D eigenvalue weighted by molar-refractivity contribution is 0.401. The van der Waals surface area contributed by atoms with Gasteiger partial charge in [-0.05, 0) is 17.8 Å². The Balaban J connectivity index is 3.29. The number of hydrogen-bond donors (Lipinski definition) is 0. The SMILES string of the molecule is [CH2]CC(C)CCCC(C)CCCC(C)C. The predicted octanol–water partition coefficient (Wildman–Crippen LogP) is 5.48. The molecule has 2 atom stereocenters. The minimum Gasteiger partial charge on any atom is -0.0628 e. The van der Waals surface area contributed by atoms with Crippen LogP contribution < -0.4 is 0 Å². The third kappa shape index (κ3) is 10.3. The van der Waals surface area contributed by atoms with E-state index in [0.29, 0.717) is 0 Å². The van der Waals surface area contributed by atoms with Crippen molar-refractivity contribution in [3.05, 3.63) is 6.92 Å². The van der Waals surface area contributed by atoms with E-state index in [4.69, 9.17) is 0 Å². The number of rotatable bonds is 9. The Morgan fingerprint density at radius 1 is 0.733 bits per heavy atom. The van der Waals surface area contributed by atoms with Crippen LogP contribution in [0.3, 0.4) is 0 Å². The van der Waals surface area contributed by atoms with Gasteiger partial charge in [0.15, 0.2) is 0 Å². The Morgan fingerprint density at radius 2 is 1.20 bits per heavy atom. The van der Waals surface area contributed by atoms with E-state index in [1.54, 1.807) is 0 Å². The standard InChI is InChI=1S/C15H31/c1-6-14(4)10-8-12-15(5)11-7-9-13(2)3/h13-15H,1,6-12H2,2-5H3. The highest BCUT2D eigenvalue weighted by Gasteiger charge is 2.04. The fourth-order valence-electron chi connectivity index (χ4n) is 1.98. The van der Waals surface area contributed by atoms with Crippen LogP contribution in [-0.2, 0) is 0 Å². The molecule has 0 aliphatic rings. The highest BCUT2D eigenvalue weighted by atomic mass is 14.1. The zero-order valence-corrected chi connectivity index (χ0v) is 11.4. The summed E-state index contributed by atoms with van der Waals surface area (Å²) in [5.74, 6) is 2.64. The van der Waals surface area contributed by atoms with E-state index in [-0.39, 0.29) is 0 Å². The molecule has 0 nitrogen and oxygen atoms in total. The molecule has 0 N–H and O–H groups in total. The minimum absolute atomic E-state index is 0.827. The van der Waals surface area contributed by atoms with Crippen molar-refractivity contribution in [3.63, 3.8) is 0 Å². The van der Waals surface area contributed by atoms with Gasteiger partial charge in [-0.2, -0.15) is 0 Å². The van der Waals surface area contributed by atoms with E-state index in [2.05, 4.69) is 34.6 Å². The Kier molecular flexibility index (Phi) is 9.24. The summed E-state index contributed by atoms with van der Waals surface area (Å²) in [7, 11) is 0. The van der Waals surface area contributed by atoms with Crippen molar-refractivity contribution in [2.24, 2.45) is 17.8 Å². The van der Waals surface area contributed by atoms with Gasteiger partial charge < -0.3 is 0 Å². The molecule has 0 aromatic heterocycles. The van der Waals surface area contributed by atoms with Gasteiger partial charge in [-0.25, -0.2) is 0 Å². The average molecular weight is 211 g/mol. The lowest BCUT2D eigenvalue weighted by atomic mass is 9.93. The molecule has 15 heavy (non-hydrogen) atoms. The van der Waals surface area contributed by atoms with Crippen molar-refractivity contribution < 1.29 is 0 Å². The Labute approximate surface area is 97.8 Å². The largest absolute Gasteiger partial charge is 0.0628 e. The van der Waals surface area contributed by atoms with E-state index < -0.39 is 0 Å². The van der Waals surface area contributed by atoms with Gasteiger partial charge in [0.05, 0.1) is 0 Å². The Morgan fingerprint density at radius 3 is 1.67 bits per heavy atom. The van der Waals surface area contributed by atoms with Gasteiger partial charge in [-0.3, -0.25) is 0 Å². The molecule has 0 heterocycles. The topological polar surface area (TPSA) is 0 Å². The summed E-state index contributed by atoms with van der Waals surface area (Å²) >= 11 is 0. The van der Waals surface area contributed by atoms with Gasteiger partial charge in [-0.15, -0.1) is 0 Å². The normalized spacial score (nSPS) is 15.6. The molecule has 1 radical (unpaired) electrons. The zero-order valence-electron chi connectivity index (χ0n) is 11.4. The molecule has 0 fully saturated rings. The molecule has 0 saturated carbocycles. The second kappa shape index (κ2) is 9.24. The van der Waals surface area contributed by atoms with Crippen LogP contribution in [0.2, 0.25) is 0 Å². The quantitative estimate of drug-likeness (QED) is 0.474. The van der Waals surface area contributed by atoms with E-state index >= 15 is 0 Å². The summed E-state index contributed by atoms with van der Waals surface area (Å²) in [6, 6.07) is 0. The average Bonchev–Trinajstić information content (AvgIpc) is 2.17. The third-order valence-electron chi connectivity index (χ3n) is 3.37. The molecular formula is C15H31. The lowest BCUT2D eigenvalue weighted by Gasteiger charge is -2.13. The summed E-state index contributed by atoms with van der Waals surface area (Å²) in [6.45, 7) is 13.3. The maximum absolute atomic E-state index is 3.95. The summed E-state index contributed by atoms with van der Waals surface area (Å²) < 4.78 is 0. The molecule has 0 rings (SSSR count). The molecule has 0 aliphatic heterocycles. The lowest BCUT2D eigenvalue weighted by Crippen LogP contribution is -1.99. The van der Waals surface area contributed by atoms with Gasteiger partial charge in [-0.1, -0.05) is 79.6 Å². The molecule has 0 aliphatic carbocycles. The molecule has 0 aromatic rings. The molecular weight excluding hydrogens is 180 g/mol. The van der Waals surface area contributed by atoms with Gasteiger partial charge in [0, 0.05) is 0 Å². The van der Waals surface area contributed by atoms with Crippen molar-refractivity contribution in [1.82, 2.24) is 0 Å². The maximum Gasteiger partial charge on any atom is -0.0443 e.